The highest BCUT2D eigenvalue weighted by Crippen LogP contribution is 2.30. The Kier molecular flexibility index (Phi) is 6.72. The summed E-state index contributed by atoms with van der Waals surface area (Å²) in [5.74, 6) is -0.305. The molecule has 0 saturated carbocycles. The number of hydrogen-bond acceptors (Lipinski definition) is 5. The predicted octanol–water partition coefficient (Wildman–Crippen LogP) is 3.85. The first kappa shape index (κ1) is 19.7. The molecule has 0 heterocycles. The van der Waals surface area contributed by atoms with Gasteiger partial charge in [0.2, 0.25) is 0 Å². The molecule has 0 fully saturated rings. The molecule has 0 atom stereocenters. The number of para-hydroxylation sites is 2. The molecule has 2 aromatic carbocycles. The van der Waals surface area contributed by atoms with Crippen LogP contribution in [0.1, 0.15) is 5.56 Å². The van der Waals surface area contributed by atoms with E-state index in [-0.39, 0.29) is 17.1 Å². The van der Waals surface area contributed by atoms with Gasteiger partial charge in [0.25, 0.3) is 5.91 Å². The monoisotopic (exact) mass is 374 g/mol. The number of nitrogens with one attached hydrogen (secondary N) is 1. The number of carbonyl (C=O) groups is 1. The number of anilines is 1. The normalized spacial score (nSPS) is 10.9. The van der Waals surface area contributed by atoms with Crippen molar-refractivity contribution in [3.63, 3.8) is 0 Å². The third-order valence-electron chi connectivity index (χ3n) is 3.43. The molecule has 0 bridgehead atoms. The summed E-state index contributed by atoms with van der Waals surface area (Å²) < 4.78 is 39.2. The first-order valence-corrected chi connectivity index (χ1v) is 7.67. The van der Waals surface area contributed by atoms with Crippen molar-refractivity contribution in [2.75, 3.05) is 19.5 Å². The van der Waals surface area contributed by atoms with Gasteiger partial charge >= 0.3 is 6.61 Å². The summed E-state index contributed by atoms with van der Waals surface area (Å²) in [6, 6.07) is 12.6. The van der Waals surface area contributed by atoms with E-state index in [0.717, 1.165) is 0 Å². The van der Waals surface area contributed by atoms with Crippen molar-refractivity contribution >= 4 is 17.7 Å². The van der Waals surface area contributed by atoms with Gasteiger partial charge in [-0.1, -0.05) is 18.2 Å². The van der Waals surface area contributed by atoms with Crippen molar-refractivity contribution < 1.29 is 27.8 Å². The Morgan fingerprint density at radius 2 is 1.81 bits per heavy atom. The highest BCUT2D eigenvalue weighted by molar-refractivity contribution is 6.10. The first-order valence-electron chi connectivity index (χ1n) is 7.67. The average Bonchev–Trinajstić information content (AvgIpc) is 2.66. The van der Waals surface area contributed by atoms with Crippen LogP contribution in [0, 0.1) is 11.3 Å². The largest absolute Gasteiger partial charge is 0.495 e. The fraction of sp³-hybridized carbons (Fsp3) is 0.158. The lowest BCUT2D eigenvalue weighted by molar-refractivity contribution is -0.112. The zero-order valence-electron chi connectivity index (χ0n) is 14.5. The quantitative estimate of drug-likeness (QED) is 0.588. The number of rotatable bonds is 7. The summed E-state index contributed by atoms with van der Waals surface area (Å²) in [7, 11) is 2.75. The molecule has 0 aliphatic carbocycles. The van der Waals surface area contributed by atoms with Gasteiger partial charge in [-0.05, 0) is 35.9 Å². The summed E-state index contributed by atoms with van der Waals surface area (Å²) in [6.07, 6.45) is 1.30. The van der Waals surface area contributed by atoms with Gasteiger partial charge in [-0.2, -0.15) is 14.0 Å². The maximum Gasteiger partial charge on any atom is 0.387 e. The molecule has 0 saturated heterocycles. The summed E-state index contributed by atoms with van der Waals surface area (Å²) in [5.41, 5.74) is 0.620. The van der Waals surface area contributed by atoms with Crippen LogP contribution in [0.25, 0.3) is 6.08 Å². The Labute approximate surface area is 154 Å². The van der Waals surface area contributed by atoms with Gasteiger partial charge in [-0.25, -0.2) is 0 Å². The SMILES string of the molecule is COc1ccccc1NC(=O)/C(C#N)=C\c1ccc(OC(F)F)c(OC)c1. The van der Waals surface area contributed by atoms with Crippen molar-refractivity contribution in [3.8, 4) is 23.3 Å². The molecular formula is C19H16F2N2O4. The van der Waals surface area contributed by atoms with E-state index in [4.69, 9.17) is 9.47 Å². The number of carbonyl (C=O) groups excluding carboxylic acids is 1. The number of benzene rings is 2. The van der Waals surface area contributed by atoms with E-state index in [9.17, 15) is 18.8 Å². The van der Waals surface area contributed by atoms with E-state index in [1.54, 1.807) is 24.3 Å². The smallest absolute Gasteiger partial charge is 0.387 e. The molecule has 1 amide bonds. The van der Waals surface area contributed by atoms with Crippen LogP contribution < -0.4 is 19.5 Å². The van der Waals surface area contributed by atoms with Crippen molar-refractivity contribution in [1.82, 2.24) is 0 Å². The maximum absolute atomic E-state index is 12.4. The number of methoxy groups -OCH3 is 2. The number of nitrogens with zero attached hydrogens (tertiary/aromatic N) is 1. The molecule has 0 aromatic heterocycles. The Morgan fingerprint density at radius 3 is 2.44 bits per heavy atom. The lowest BCUT2D eigenvalue weighted by atomic mass is 10.1. The Morgan fingerprint density at radius 1 is 1.11 bits per heavy atom. The Balaban J connectivity index is 2.27. The van der Waals surface area contributed by atoms with Gasteiger partial charge in [-0.3, -0.25) is 4.79 Å². The molecule has 0 aliphatic rings. The van der Waals surface area contributed by atoms with Crippen LogP contribution in [0.2, 0.25) is 0 Å². The van der Waals surface area contributed by atoms with Crippen LogP contribution in [0.3, 0.4) is 0 Å². The van der Waals surface area contributed by atoms with E-state index in [0.29, 0.717) is 17.0 Å². The lowest BCUT2D eigenvalue weighted by Gasteiger charge is -2.11. The van der Waals surface area contributed by atoms with E-state index in [2.05, 4.69) is 10.1 Å². The third-order valence-corrected chi connectivity index (χ3v) is 3.43. The molecule has 0 unspecified atom stereocenters. The molecule has 140 valence electrons. The van der Waals surface area contributed by atoms with Crippen molar-refractivity contribution in [3.05, 3.63) is 53.6 Å². The average molecular weight is 374 g/mol. The third kappa shape index (κ3) is 5.19. The van der Waals surface area contributed by atoms with Gasteiger partial charge in [-0.15, -0.1) is 0 Å². The molecule has 2 rings (SSSR count). The second kappa shape index (κ2) is 9.20. The number of nitriles is 1. The van der Waals surface area contributed by atoms with Gasteiger partial charge in [0.05, 0.1) is 19.9 Å². The second-order valence-electron chi connectivity index (χ2n) is 5.11. The second-order valence-corrected chi connectivity index (χ2v) is 5.11. The number of hydrogen-bond donors (Lipinski definition) is 1. The van der Waals surface area contributed by atoms with Gasteiger partial charge in [0.1, 0.15) is 17.4 Å². The van der Waals surface area contributed by atoms with Crippen molar-refractivity contribution in [2.24, 2.45) is 0 Å². The number of ether oxygens (including phenoxy) is 3. The van der Waals surface area contributed by atoms with Crippen molar-refractivity contribution in [1.29, 1.82) is 5.26 Å². The molecule has 0 radical (unpaired) electrons. The molecule has 1 N–H and O–H groups in total. The van der Waals surface area contributed by atoms with E-state index in [1.165, 1.54) is 38.5 Å². The number of amides is 1. The van der Waals surface area contributed by atoms with Crippen molar-refractivity contribution in [2.45, 2.75) is 6.61 Å². The maximum atomic E-state index is 12.4. The summed E-state index contributed by atoms with van der Waals surface area (Å²) in [5, 5.41) is 11.9. The van der Waals surface area contributed by atoms with Crippen LogP contribution in [-0.2, 0) is 4.79 Å². The Hall–Kier alpha value is -3.60. The minimum absolute atomic E-state index is 0.0477. The zero-order chi connectivity index (χ0) is 19.8. The van der Waals surface area contributed by atoms with Crippen LogP contribution in [-0.4, -0.2) is 26.7 Å². The highest BCUT2D eigenvalue weighted by atomic mass is 19.3. The van der Waals surface area contributed by atoms with Crippen LogP contribution >= 0.6 is 0 Å². The van der Waals surface area contributed by atoms with E-state index < -0.39 is 12.5 Å². The van der Waals surface area contributed by atoms with Crippen LogP contribution in [0.4, 0.5) is 14.5 Å². The fourth-order valence-electron chi connectivity index (χ4n) is 2.22. The minimum Gasteiger partial charge on any atom is -0.495 e. The molecular weight excluding hydrogens is 358 g/mol. The van der Waals surface area contributed by atoms with Crippen LogP contribution in [0.5, 0.6) is 17.2 Å². The molecule has 27 heavy (non-hydrogen) atoms. The predicted molar refractivity (Wildman–Crippen MR) is 94.8 cm³/mol. The lowest BCUT2D eigenvalue weighted by Crippen LogP contribution is -2.14. The first-order chi connectivity index (χ1) is 13.0. The number of halogens is 2. The summed E-state index contributed by atoms with van der Waals surface area (Å²) >= 11 is 0. The van der Waals surface area contributed by atoms with Gasteiger partial charge in [0.15, 0.2) is 11.5 Å². The zero-order valence-corrected chi connectivity index (χ0v) is 14.5. The van der Waals surface area contributed by atoms with E-state index in [1.807, 2.05) is 6.07 Å². The fourth-order valence-corrected chi connectivity index (χ4v) is 2.22. The summed E-state index contributed by atoms with van der Waals surface area (Å²) in [4.78, 5) is 12.4. The molecule has 0 aliphatic heterocycles. The van der Waals surface area contributed by atoms with Gasteiger partial charge < -0.3 is 19.5 Å². The number of alkyl halides is 2. The molecule has 0 spiro atoms. The molecule has 2 aromatic rings. The van der Waals surface area contributed by atoms with Gasteiger partial charge in [0, 0.05) is 0 Å². The topological polar surface area (TPSA) is 80.6 Å². The minimum atomic E-state index is -3.00. The standard InChI is InChI=1S/C19H16F2N2O4/c1-25-15-6-4-3-5-14(15)23-18(24)13(11-22)9-12-7-8-16(27-19(20)21)17(10-12)26-2/h3-10,19H,1-2H3,(H,23,24)/b13-9-. The highest BCUT2D eigenvalue weighted by Gasteiger charge is 2.14. The van der Waals surface area contributed by atoms with E-state index >= 15 is 0 Å². The van der Waals surface area contributed by atoms with Crippen LogP contribution in [0.15, 0.2) is 48.0 Å². The Bertz CT molecular complexity index is 892. The summed E-state index contributed by atoms with van der Waals surface area (Å²) in [6.45, 7) is -3.00. The molecule has 8 heteroatoms. The molecule has 6 nitrogen and oxygen atoms in total.